The third-order valence-corrected chi connectivity index (χ3v) is 3.56. The number of nitrogens with one attached hydrogen (secondary N) is 1. The second-order valence-electron chi connectivity index (χ2n) is 5.01. The topological polar surface area (TPSA) is 106 Å². The largest absolute Gasteiger partial charge is 0.486 e. The number of fused-ring (bicyclic) bond motifs is 1. The summed E-state index contributed by atoms with van der Waals surface area (Å²) >= 11 is 5.69. The average Bonchev–Trinajstić information content (AvgIpc) is 2.61. The molecule has 1 amide bonds. The van der Waals surface area contributed by atoms with Gasteiger partial charge in [-0.15, -0.1) is 0 Å². The molecule has 2 aromatic rings. The number of rotatable bonds is 4. The lowest BCUT2D eigenvalue weighted by Gasteiger charge is -2.19. The Bertz CT molecular complexity index is 837. The minimum Gasteiger partial charge on any atom is -0.486 e. The first-order chi connectivity index (χ1) is 12.2. The van der Waals surface area contributed by atoms with Gasteiger partial charge in [0.25, 0.3) is 0 Å². The number of hydrogen-bond donors (Lipinski definition) is 1. The first-order valence-electron chi connectivity index (χ1n) is 7.41. The lowest BCUT2D eigenvalue weighted by atomic mass is 10.0. The average molecular weight is 361 g/mol. The first kappa shape index (κ1) is 16.8. The number of nitriles is 1. The molecule has 0 bridgehead atoms. The highest BCUT2D eigenvalue weighted by Gasteiger charge is 2.16. The molecule has 0 radical (unpaired) electrons. The molecular weight excluding hydrogens is 348 g/mol. The maximum Gasteiger partial charge on any atom is 0.413 e. The van der Waals surface area contributed by atoms with Crippen LogP contribution >= 0.6 is 11.6 Å². The molecule has 2 heterocycles. The van der Waals surface area contributed by atoms with E-state index in [0.717, 1.165) is 5.56 Å². The van der Waals surface area contributed by atoms with Crippen LogP contribution < -0.4 is 19.5 Å². The smallest absolute Gasteiger partial charge is 0.413 e. The molecule has 1 aliphatic rings. The van der Waals surface area contributed by atoms with Crippen molar-refractivity contribution in [1.29, 1.82) is 5.26 Å². The van der Waals surface area contributed by atoms with Gasteiger partial charge in [0.15, 0.2) is 11.5 Å². The number of carbonyl (C=O) groups is 1. The molecule has 8 nitrogen and oxygen atoms in total. The highest BCUT2D eigenvalue weighted by molar-refractivity contribution is 6.29. The van der Waals surface area contributed by atoms with Crippen molar-refractivity contribution in [3.8, 4) is 23.4 Å². The molecule has 9 heteroatoms. The number of ether oxygens (including phenoxy) is 3. The minimum absolute atomic E-state index is 0.0505. The molecule has 0 saturated carbocycles. The van der Waals surface area contributed by atoms with Crippen LogP contribution in [0.2, 0.25) is 5.15 Å². The lowest BCUT2D eigenvalue weighted by Crippen LogP contribution is -2.29. The van der Waals surface area contributed by atoms with E-state index in [2.05, 4.69) is 21.4 Å². The molecule has 25 heavy (non-hydrogen) atoms. The Labute approximate surface area is 148 Å². The molecule has 0 unspecified atom stereocenters. The number of nitrogens with zero attached hydrogens (tertiary/aromatic N) is 3. The summed E-state index contributed by atoms with van der Waals surface area (Å²) in [7, 11) is 0. The van der Waals surface area contributed by atoms with Crippen LogP contribution in [-0.4, -0.2) is 35.8 Å². The Morgan fingerprint density at radius 1 is 1.28 bits per heavy atom. The number of halogens is 1. The van der Waals surface area contributed by atoms with Crippen molar-refractivity contribution in [1.82, 2.24) is 15.3 Å². The molecule has 1 aromatic heterocycles. The van der Waals surface area contributed by atoms with Gasteiger partial charge in [0.2, 0.25) is 5.88 Å². The maximum atomic E-state index is 11.8. The zero-order valence-electron chi connectivity index (χ0n) is 13.0. The predicted octanol–water partition coefficient (Wildman–Crippen LogP) is 2.10. The Morgan fingerprint density at radius 3 is 2.76 bits per heavy atom. The zero-order chi connectivity index (χ0) is 17.6. The van der Waals surface area contributed by atoms with Gasteiger partial charge in [-0.1, -0.05) is 11.6 Å². The Balaban J connectivity index is 1.58. The van der Waals surface area contributed by atoms with E-state index in [1.165, 1.54) is 12.4 Å². The van der Waals surface area contributed by atoms with E-state index >= 15 is 0 Å². The van der Waals surface area contributed by atoms with E-state index in [0.29, 0.717) is 36.7 Å². The number of aromatic nitrogens is 2. The third-order valence-electron chi connectivity index (χ3n) is 3.36. The van der Waals surface area contributed by atoms with Crippen LogP contribution in [0.25, 0.3) is 0 Å². The van der Waals surface area contributed by atoms with Gasteiger partial charge in [0.1, 0.15) is 24.7 Å². The van der Waals surface area contributed by atoms with Crippen LogP contribution in [0.3, 0.4) is 0 Å². The van der Waals surface area contributed by atoms with Crippen molar-refractivity contribution < 1.29 is 19.0 Å². The number of benzene rings is 1. The summed E-state index contributed by atoms with van der Waals surface area (Å²) in [5, 5.41) is 12.0. The van der Waals surface area contributed by atoms with E-state index in [-0.39, 0.29) is 17.6 Å². The molecule has 3 rings (SSSR count). The van der Waals surface area contributed by atoms with Crippen LogP contribution in [0.5, 0.6) is 17.4 Å². The summed E-state index contributed by atoms with van der Waals surface area (Å²) in [6.45, 7) is 1.19. The quantitative estimate of drug-likeness (QED) is 0.832. The van der Waals surface area contributed by atoms with E-state index < -0.39 is 6.09 Å². The molecule has 0 spiro atoms. The predicted molar refractivity (Wildman–Crippen MR) is 86.9 cm³/mol. The molecule has 1 aromatic carbocycles. The fourth-order valence-corrected chi connectivity index (χ4v) is 2.38. The normalized spacial score (nSPS) is 12.2. The third kappa shape index (κ3) is 4.28. The summed E-state index contributed by atoms with van der Waals surface area (Å²) in [5.74, 6) is 1.20. The van der Waals surface area contributed by atoms with Crippen molar-refractivity contribution in [2.45, 2.75) is 6.42 Å². The van der Waals surface area contributed by atoms with Crippen molar-refractivity contribution in [3.05, 3.63) is 40.8 Å². The Morgan fingerprint density at radius 2 is 2.04 bits per heavy atom. The molecule has 128 valence electrons. The molecule has 0 aliphatic carbocycles. The molecule has 0 fully saturated rings. The molecular formula is C16H13ClN4O4. The maximum absolute atomic E-state index is 11.8. The molecule has 1 N–H and O–H groups in total. The molecule has 1 aliphatic heterocycles. The van der Waals surface area contributed by atoms with Gasteiger partial charge in [0.05, 0.1) is 11.6 Å². The summed E-state index contributed by atoms with van der Waals surface area (Å²) < 4.78 is 15.9. The van der Waals surface area contributed by atoms with Crippen LogP contribution in [0.15, 0.2) is 24.5 Å². The summed E-state index contributed by atoms with van der Waals surface area (Å²) in [6, 6.07) is 6.85. The highest BCUT2D eigenvalue weighted by Crippen LogP contribution is 2.33. The van der Waals surface area contributed by atoms with E-state index in [1.807, 2.05) is 0 Å². The highest BCUT2D eigenvalue weighted by atomic mass is 35.5. The van der Waals surface area contributed by atoms with Gasteiger partial charge in [0, 0.05) is 18.7 Å². The second-order valence-corrected chi connectivity index (χ2v) is 5.40. The zero-order valence-corrected chi connectivity index (χ0v) is 13.7. The first-order valence-corrected chi connectivity index (χ1v) is 7.79. The number of hydrogen-bond acceptors (Lipinski definition) is 7. The van der Waals surface area contributed by atoms with Crippen LogP contribution in [-0.2, 0) is 6.42 Å². The second kappa shape index (κ2) is 7.68. The standard InChI is InChI=1S/C16H13ClN4O4/c17-14-7-15(21-9-20-14)25-16(22)19-2-1-10-5-12-13(6-11(10)8-18)24-4-3-23-12/h5-7,9H,1-4H2,(H,19,22). The fraction of sp³-hybridized carbons (Fsp3) is 0.250. The Hall–Kier alpha value is -3.05. The van der Waals surface area contributed by atoms with E-state index in [1.54, 1.807) is 12.1 Å². The van der Waals surface area contributed by atoms with E-state index in [4.69, 9.17) is 25.8 Å². The van der Waals surface area contributed by atoms with Crippen molar-refractivity contribution in [3.63, 3.8) is 0 Å². The minimum atomic E-state index is -0.675. The monoisotopic (exact) mass is 360 g/mol. The fourth-order valence-electron chi connectivity index (χ4n) is 2.25. The van der Waals surface area contributed by atoms with Gasteiger partial charge < -0.3 is 19.5 Å². The van der Waals surface area contributed by atoms with Crippen molar-refractivity contribution >= 4 is 17.7 Å². The Kier molecular flexibility index (Phi) is 5.16. The van der Waals surface area contributed by atoms with Crippen LogP contribution in [0.1, 0.15) is 11.1 Å². The molecule has 0 atom stereocenters. The number of amides is 1. The van der Waals surface area contributed by atoms with Gasteiger partial charge in [-0.05, 0) is 18.1 Å². The lowest BCUT2D eigenvalue weighted by molar-refractivity contribution is 0.171. The van der Waals surface area contributed by atoms with Crippen molar-refractivity contribution in [2.24, 2.45) is 0 Å². The van der Waals surface area contributed by atoms with Gasteiger partial charge >= 0.3 is 6.09 Å². The van der Waals surface area contributed by atoms with E-state index in [9.17, 15) is 10.1 Å². The van der Waals surface area contributed by atoms with Crippen LogP contribution in [0, 0.1) is 11.3 Å². The van der Waals surface area contributed by atoms with Gasteiger partial charge in [-0.25, -0.2) is 14.8 Å². The summed E-state index contributed by atoms with van der Waals surface area (Å²) in [4.78, 5) is 19.2. The number of carbonyl (C=O) groups excluding carboxylic acids is 1. The summed E-state index contributed by atoms with van der Waals surface area (Å²) in [5.41, 5.74) is 1.22. The van der Waals surface area contributed by atoms with Gasteiger partial charge in [-0.2, -0.15) is 5.26 Å². The SMILES string of the molecule is N#Cc1cc2c(cc1CCNC(=O)Oc1cc(Cl)ncn1)OCCO2. The summed E-state index contributed by atoms with van der Waals surface area (Å²) in [6.07, 6.45) is 0.948. The van der Waals surface area contributed by atoms with Gasteiger partial charge in [-0.3, -0.25) is 0 Å². The van der Waals surface area contributed by atoms with Crippen LogP contribution in [0.4, 0.5) is 4.79 Å². The van der Waals surface area contributed by atoms with Crippen molar-refractivity contribution in [2.75, 3.05) is 19.8 Å². The molecule has 0 saturated heterocycles.